The molecule has 1 aromatic carbocycles. The molecule has 0 radical (unpaired) electrons. The molecule has 0 aromatic heterocycles. The number of likely N-dealkylation sites (N-methyl/N-ethyl adjacent to an activating group) is 1. The molecule has 1 amide bonds. The van der Waals surface area contributed by atoms with Crippen molar-refractivity contribution in [3.63, 3.8) is 0 Å². The van der Waals surface area contributed by atoms with Crippen molar-refractivity contribution in [1.29, 1.82) is 0 Å². The lowest BCUT2D eigenvalue weighted by atomic mass is 10.0. The lowest BCUT2D eigenvalue weighted by Gasteiger charge is -2.23. The summed E-state index contributed by atoms with van der Waals surface area (Å²) in [5, 5.41) is 5.94. The van der Waals surface area contributed by atoms with E-state index in [9.17, 15) is 4.79 Å². The maximum atomic E-state index is 11.9. The fourth-order valence-electron chi connectivity index (χ4n) is 1.55. The van der Waals surface area contributed by atoms with Crippen LogP contribution in [0, 0.1) is 13.8 Å². The van der Waals surface area contributed by atoms with Gasteiger partial charge in [0.15, 0.2) is 0 Å². The van der Waals surface area contributed by atoms with Crippen molar-refractivity contribution in [2.24, 2.45) is 0 Å². The van der Waals surface area contributed by atoms with Crippen LogP contribution in [-0.2, 0) is 11.3 Å². The van der Waals surface area contributed by atoms with Gasteiger partial charge < -0.3 is 10.6 Å². The third-order valence-corrected chi connectivity index (χ3v) is 3.13. The predicted molar refractivity (Wildman–Crippen MR) is 70.9 cm³/mol. The van der Waals surface area contributed by atoms with E-state index in [1.807, 2.05) is 13.8 Å². The SMILES string of the molecule is CNC(C)(C)C(=O)NCc1ccc(C)cc1C. The Morgan fingerprint density at radius 1 is 1.29 bits per heavy atom. The average Bonchev–Trinajstić information content (AvgIpc) is 2.27. The lowest BCUT2D eigenvalue weighted by molar-refractivity contribution is -0.126. The first-order chi connectivity index (χ1) is 7.86. The summed E-state index contributed by atoms with van der Waals surface area (Å²) in [5.41, 5.74) is 3.09. The molecular formula is C14H22N2O. The minimum absolute atomic E-state index is 0.0139. The van der Waals surface area contributed by atoms with Gasteiger partial charge in [-0.2, -0.15) is 0 Å². The molecule has 17 heavy (non-hydrogen) atoms. The maximum absolute atomic E-state index is 11.9. The van der Waals surface area contributed by atoms with Crippen LogP contribution in [0.3, 0.4) is 0 Å². The standard InChI is InChI=1S/C14H22N2O/c1-10-6-7-12(11(2)8-10)9-16-13(17)14(3,4)15-5/h6-8,15H,9H2,1-5H3,(H,16,17). The third-order valence-electron chi connectivity index (χ3n) is 3.13. The molecule has 0 aliphatic rings. The van der Waals surface area contributed by atoms with Crippen molar-refractivity contribution in [2.45, 2.75) is 39.8 Å². The van der Waals surface area contributed by atoms with Crippen molar-refractivity contribution in [3.8, 4) is 0 Å². The molecule has 0 fully saturated rings. The van der Waals surface area contributed by atoms with Gasteiger partial charge in [0, 0.05) is 6.54 Å². The Hall–Kier alpha value is -1.35. The Balaban J connectivity index is 2.65. The van der Waals surface area contributed by atoms with Crippen LogP contribution in [0.25, 0.3) is 0 Å². The summed E-state index contributed by atoms with van der Waals surface area (Å²) in [7, 11) is 1.79. The second kappa shape index (κ2) is 5.32. The molecule has 0 spiro atoms. The minimum Gasteiger partial charge on any atom is -0.350 e. The molecule has 0 saturated carbocycles. The van der Waals surface area contributed by atoms with Gasteiger partial charge in [-0.3, -0.25) is 4.79 Å². The van der Waals surface area contributed by atoms with E-state index in [4.69, 9.17) is 0 Å². The van der Waals surface area contributed by atoms with Crippen LogP contribution in [0.15, 0.2) is 18.2 Å². The van der Waals surface area contributed by atoms with E-state index in [-0.39, 0.29) is 5.91 Å². The third kappa shape index (κ3) is 3.56. The molecule has 0 aliphatic carbocycles. The van der Waals surface area contributed by atoms with Crippen molar-refractivity contribution in [1.82, 2.24) is 10.6 Å². The Morgan fingerprint density at radius 3 is 2.47 bits per heavy atom. The summed E-state index contributed by atoms with van der Waals surface area (Å²) in [4.78, 5) is 11.9. The van der Waals surface area contributed by atoms with Crippen molar-refractivity contribution in [3.05, 3.63) is 34.9 Å². The predicted octanol–water partition coefficient (Wildman–Crippen LogP) is 1.92. The Kier molecular flexibility index (Phi) is 4.29. The first-order valence-electron chi connectivity index (χ1n) is 5.90. The quantitative estimate of drug-likeness (QED) is 0.835. The van der Waals surface area contributed by atoms with Crippen molar-refractivity contribution >= 4 is 5.91 Å². The van der Waals surface area contributed by atoms with Crippen LogP contribution in [-0.4, -0.2) is 18.5 Å². The Bertz CT molecular complexity index is 411. The van der Waals surface area contributed by atoms with Gasteiger partial charge in [-0.05, 0) is 45.9 Å². The van der Waals surface area contributed by atoms with Crippen LogP contribution in [0.5, 0.6) is 0 Å². The van der Waals surface area contributed by atoms with E-state index in [0.717, 1.165) is 5.56 Å². The number of amides is 1. The van der Waals surface area contributed by atoms with E-state index in [1.165, 1.54) is 11.1 Å². The molecule has 3 heteroatoms. The summed E-state index contributed by atoms with van der Waals surface area (Å²) in [6.07, 6.45) is 0. The molecule has 3 nitrogen and oxygen atoms in total. The monoisotopic (exact) mass is 234 g/mol. The van der Waals surface area contributed by atoms with E-state index >= 15 is 0 Å². The molecule has 0 bridgehead atoms. The summed E-state index contributed by atoms with van der Waals surface area (Å²) < 4.78 is 0. The molecule has 0 saturated heterocycles. The van der Waals surface area contributed by atoms with E-state index < -0.39 is 5.54 Å². The number of benzene rings is 1. The Labute approximate surface area is 104 Å². The summed E-state index contributed by atoms with van der Waals surface area (Å²) in [6.45, 7) is 8.45. The molecule has 2 N–H and O–H groups in total. The van der Waals surface area contributed by atoms with Gasteiger partial charge >= 0.3 is 0 Å². The smallest absolute Gasteiger partial charge is 0.239 e. The normalized spacial score (nSPS) is 11.4. The molecular weight excluding hydrogens is 212 g/mol. The van der Waals surface area contributed by atoms with Crippen LogP contribution in [0.4, 0.5) is 0 Å². The van der Waals surface area contributed by atoms with Crippen molar-refractivity contribution in [2.75, 3.05) is 7.05 Å². The lowest BCUT2D eigenvalue weighted by Crippen LogP contribution is -2.50. The van der Waals surface area contributed by atoms with Gasteiger partial charge in [0.1, 0.15) is 0 Å². The molecule has 94 valence electrons. The molecule has 0 atom stereocenters. The number of aryl methyl sites for hydroxylation is 2. The van der Waals surface area contributed by atoms with Crippen LogP contribution in [0.2, 0.25) is 0 Å². The van der Waals surface area contributed by atoms with Gasteiger partial charge in [0.2, 0.25) is 5.91 Å². The number of nitrogens with one attached hydrogen (secondary N) is 2. The van der Waals surface area contributed by atoms with E-state index in [0.29, 0.717) is 6.54 Å². The maximum Gasteiger partial charge on any atom is 0.239 e. The second-order valence-electron chi connectivity index (χ2n) is 4.99. The zero-order valence-electron chi connectivity index (χ0n) is 11.3. The highest BCUT2D eigenvalue weighted by molar-refractivity contribution is 5.85. The fourth-order valence-corrected chi connectivity index (χ4v) is 1.55. The van der Waals surface area contributed by atoms with E-state index in [1.54, 1.807) is 7.05 Å². The highest BCUT2D eigenvalue weighted by Gasteiger charge is 2.24. The number of hydrogen-bond acceptors (Lipinski definition) is 2. The fraction of sp³-hybridized carbons (Fsp3) is 0.500. The first kappa shape index (κ1) is 13.7. The van der Waals surface area contributed by atoms with E-state index in [2.05, 4.69) is 42.7 Å². The van der Waals surface area contributed by atoms with Gasteiger partial charge in [-0.1, -0.05) is 23.8 Å². The molecule has 1 aromatic rings. The average molecular weight is 234 g/mol. The minimum atomic E-state index is -0.529. The van der Waals surface area contributed by atoms with Crippen LogP contribution >= 0.6 is 0 Å². The number of carbonyl (C=O) groups excluding carboxylic acids is 1. The second-order valence-corrected chi connectivity index (χ2v) is 4.99. The van der Waals surface area contributed by atoms with Crippen molar-refractivity contribution < 1.29 is 4.79 Å². The Morgan fingerprint density at radius 2 is 1.94 bits per heavy atom. The largest absolute Gasteiger partial charge is 0.350 e. The topological polar surface area (TPSA) is 41.1 Å². The summed E-state index contributed by atoms with van der Waals surface area (Å²) >= 11 is 0. The number of hydrogen-bond donors (Lipinski definition) is 2. The first-order valence-corrected chi connectivity index (χ1v) is 5.90. The highest BCUT2D eigenvalue weighted by Crippen LogP contribution is 2.10. The van der Waals surface area contributed by atoms with Gasteiger partial charge in [0.05, 0.1) is 5.54 Å². The molecule has 0 aliphatic heterocycles. The van der Waals surface area contributed by atoms with Crippen LogP contribution in [0.1, 0.15) is 30.5 Å². The van der Waals surface area contributed by atoms with Gasteiger partial charge in [-0.25, -0.2) is 0 Å². The highest BCUT2D eigenvalue weighted by atomic mass is 16.2. The zero-order valence-corrected chi connectivity index (χ0v) is 11.3. The summed E-state index contributed by atoms with van der Waals surface area (Å²) in [5.74, 6) is 0.0139. The van der Waals surface area contributed by atoms with Gasteiger partial charge in [0.25, 0.3) is 0 Å². The number of carbonyl (C=O) groups is 1. The van der Waals surface area contributed by atoms with Crippen LogP contribution < -0.4 is 10.6 Å². The summed E-state index contributed by atoms with van der Waals surface area (Å²) in [6, 6.07) is 6.26. The molecule has 1 rings (SSSR count). The molecule has 0 unspecified atom stereocenters. The van der Waals surface area contributed by atoms with Gasteiger partial charge in [-0.15, -0.1) is 0 Å². The number of rotatable bonds is 4. The zero-order chi connectivity index (χ0) is 13.1. The molecule has 0 heterocycles.